The van der Waals surface area contributed by atoms with Crippen LogP contribution in [0.1, 0.15) is 6.92 Å². The van der Waals surface area contributed by atoms with Gasteiger partial charge in [-0.15, -0.1) is 0 Å². The molecule has 0 aromatic carbocycles. The zero-order chi connectivity index (χ0) is 11.7. The summed E-state index contributed by atoms with van der Waals surface area (Å²) in [6.07, 6.45) is 0. The Labute approximate surface area is 145 Å². The molecule has 1 fully saturated rings. The predicted octanol–water partition coefficient (Wildman–Crippen LogP) is -4.39. The number of nitrogens with zero attached hydrogens (tertiary/aromatic N) is 1. The summed E-state index contributed by atoms with van der Waals surface area (Å²) in [6.45, 7) is 6.80. The van der Waals surface area contributed by atoms with Crippen molar-refractivity contribution < 1.29 is 74.9 Å². The third kappa shape index (κ3) is 17.4. The van der Waals surface area contributed by atoms with Gasteiger partial charge < -0.3 is 15.9 Å². The van der Waals surface area contributed by atoms with E-state index in [4.69, 9.17) is 9.66 Å². The summed E-state index contributed by atoms with van der Waals surface area (Å²) in [5.41, 5.74) is 0. The van der Waals surface area contributed by atoms with Crippen molar-refractivity contribution in [3.63, 3.8) is 0 Å². The maximum absolute atomic E-state index is 9.56. The van der Waals surface area contributed by atoms with Crippen LogP contribution in [0.2, 0.25) is 0 Å². The van der Waals surface area contributed by atoms with Crippen molar-refractivity contribution in [1.82, 2.24) is 10.2 Å². The van der Waals surface area contributed by atoms with Gasteiger partial charge in [0, 0.05) is 32.7 Å². The summed E-state index contributed by atoms with van der Waals surface area (Å²) >= 11 is 0. The molecule has 1 rings (SSSR count). The van der Waals surface area contributed by atoms with Gasteiger partial charge in [0.05, 0.1) is 12.4 Å². The van der Waals surface area contributed by atoms with Gasteiger partial charge >= 0.3 is 51.4 Å². The number of aliphatic hydroxyl groups is 1. The van der Waals surface area contributed by atoms with E-state index in [1.165, 1.54) is 6.92 Å². The van der Waals surface area contributed by atoms with E-state index in [-0.39, 0.29) is 62.6 Å². The molecule has 0 saturated carbocycles. The number of aliphatic hydroxyl groups excluding tert-OH is 1. The Morgan fingerprint density at radius 2 is 1.71 bits per heavy atom. The Morgan fingerprint density at radius 3 is 2.00 bits per heavy atom. The fourth-order valence-corrected chi connectivity index (χ4v) is 1.08. The zero-order valence-electron chi connectivity index (χ0n) is 10.5. The van der Waals surface area contributed by atoms with Crippen LogP contribution < -0.4 is 56.7 Å². The van der Waals surface area contributed by atoms with Gasteiger partial charge in [-0.05, 0) is 6.92 Å². The minimum Gasteiger partial charge on any atom is -0.870 e. The summed E-state index contributed by atoms with van der Waals surface area (Å²) in [7, 11) is -3.66. The first-order valence-corrected chi connectivity index (χ1v) is 6.59. The van der Waals surface area contributed by atoms with Crippen LogP contribution in [0.3, 0.4) is 0 Å². The molecule has 100 valence electrons. The van der Waals surface area contributed by atoms with Crippen molar-refractivity contribution in [2.75, 3.05) is 45.1 Å². The first-order chi connectivity index (χ1) is 6.99. The molecular formula is C8H21KN2O5S. The van der Waals surface area contributed by atoms with E-state index >= 15 is 0 Å². The molecule has 0 aromatic rings. The van der Waals surface area contributed by atoms with E-state index in [2.05, 4.69) is 10.2 Å². The molecule has 0 aromatic heterocycles. The van der Waals surface area contributed by atoms with E-state index in [1.54, 1.807) is 0 Å². The first kappa shape index (κ1) is 23.5. The number of piperazine rings is 1. The van der Waals surface area contributed by atoms with Gasteiger partial charge in [0.1, 0.15) is 0 Å². The van der Waals surface area contributed by atoms with Gasteiger partial charge in [-0.25, -0.2) is 0 Å². The number of β-amino-alcohol motifs (C(OH)–C–C–N with tert-alkyl or cyclic N) is 1. The molecule has 1 aliphatic heterocycles. The largest absolute Gasteiger partial charge is 1.00 e. The van der Waals surface area contributed by atoms with Gasteiger partial charge in [-0.1, -0.05) is 0 Å². The van der Waals surface area contributed by atoms with Crippen LogP contribution in [0, 0.1) is 0 Å². The zero-order valence-corrected chi connectivity index (χ0v) is 14.4. The Hall–Kier alpha value is 1.39. The predicted molar refractivity (Wildman–Crippen MR) is 60.4 cm³/mol. The van der Waals surface area contributed by atoms with Gasteiger partial charge in [0.2, 0.25) is 0 Å². The molecule has 0 atom stereocenters. The Bertz CT molecular complexity index is 242. The fraction of sp³-hybridized carbons (Fsp3) is 1.00. The number of hydrogen-bond donors (Lipinski definition) is 3. The smallest absolute Gasteiger partial charge is 0.870 e. The summed E-state index contributed by atoms with van der Waals surface area (Å²) in [5, 5.41) is 11.8. The van der Waals surface area contributed by atoms with Gasteiger partial charge in [-0.2, -0.15) is 8.42 Å². The minimum atomic E-state index is -3.66. The Kier molecular flexibility index (Phi) is 19.1. The van der Waals surface area contributed by atoms with Crippen LogP contribution in [-0.4, -0.2) is 73.5 Å². The third-order valence-electron chi connectivity index (χ3n) is 1.99. The molecule has 0 spiro atoms. The van der Waals surface area contributed by atoms with Crippen LogP contribution in [0.25, 0.3) is 0 Å². The summed E-state index contributed by atoms with van der Waals surface area (Å²) in [5.74, 6) is -0.201. The van der Waals surface area contributed by atoms with Crippen molar-refractivity contribution >= 4 is 10.1 Å². The van der Waals surface area contributed by atoms with Crippen LogP contribution in [0.15, 0.2) is 0 Å². The SMILES string of the molecule is CCS(=O)(=O)O.OCCN1CCNCC1.[K+].[OH-]. The number of hydrogen-bond acceptors (Lipinski definition) is 6. The average Bonchev–Trinajstić information content (AvgIpc) is 2.20. The Morgan fingerprint density at radius 1 is 1.29 bits per heavy atom. The number of rotatable bonds is 3. The van der Waals surface area contributed by atoms with E-state index in [0.29, 0.717) is 6.61 Å². The molecule has 1 heterocycles. The van der Waals surface area contributed by atoms with Gasteiger partial charge in [0.15, 0.2) is 0 Å². The van der Waals surface area contributed by atoms with Crippen molar-refractivity contribution in [2.24, 2.45) is 0 Å². The summed E-state index contributed by atoms with van der Waals surface area (Å²) in [4.78, 5) is 2.26. The average molecular weight is 296 g/mol. The molecular weight excluding hydrogens is 275 g/mol. The third-order valence-corrected chi connectivity index (χ3v) is 2.72. The van der Waals surface area contributed by atoms with Crippen molar-refractivity contribution in [1.29, 1.82) is 0 Å². The van der Waals surface area contributed by atoms with E-state index in [9.17, 15) is 8.42 Å². The second kappa shape index (κ2) is 13.8. The molecule has 7 nitrogen and oxygen atoms in total. The van der Waals surface area contributed by atoms with Crippen molar-refractivity contribution in [3.8, 4) is 0 Å². The summed E-state index contributed by atoms with van der Waals surface area (Å²) < 4.78 is 26.9. The molecule has 0 amide bonds. The monoisotopic (exact) mass is 296 g/mol. The van der Waals surface area contributed by atoms with Crippen LogP contribution in [0.4, 0.5) is 0 Å². The van der Waals surface area contributed by atoms with Crippen LogP contribution in [-0.2, 0) is 10.1 Å². The van der Waals surface area contributed by atoms with E-state index in [1.807, 2.05) is 0 Å². The van der Waals surface area contributed by atoms with Crippen molar-refractivity contribution in [3.05, 3.63) is 0 Å². The Balaban J connectivity index is -0.000000221. The topological polar surface area (TPSA) is 120 Å². The fourth-order valence-electron chi connectivity index (χ4n) is 1.08. The second-order valence-corrected chi connectivity index (χ2v) is 4.93. The second-order valence-electron chi connectivity index (χ2n) is 3.19. The molecule has 1 saturated heterocycles. The molecule has 1 aliphatic rings. The molecule has 4 N–H and O–H groups in total. The van der Waals surface area contributed by atoms with Crippen LogP contribution >= 0.6 is 0 Å². The minimum absolute atomic E-state index is 0. The van der Waals surface area contributed by atoms with E-state index in [0.717, 1.165) is 32.7 Å². The van der Waals surface area contributed by atoms with E-state index < -0.39 is 10.1 Å². The van der Waals surface area contributed by atoms with Gasteiger partial charge in [-0.3, -0.25) is 9.45 Å². The standard InChI is InChI=1S/C6H14N2O.C2H6O3S.K.H2O/c9-6-5-8-3-1-7-2-4-8;1-2-6(3,4)5;;/h7,9H,1-6H2;2H2,1H3,(H,3,4,5);;1H2/q;;+1;/p-1. The number of nitrogens with one attached hydrogen (secondary N) is 1. The molecule has 0 unspecified atom stereocenters. The maximum Gasteiger partial charge on any atom is 1.00 e. The quantitative estimate of drug-likeness (QED) is 0.355. The van der Waals surface area contributed by atoms with Crippen molar-refractivity contribution in [2.45, 2.75) is 6.92 Å². The maximum atomic E-state index is 9.56. The molecule has 0 aliphatic carbocycles. The first-order valence-electron chi connectivity index (χ1n) is 4.98. The van der Waals surface area contributed by atoms with Gasteiger partial charge in [0.25, 0.3) is 10.1 Å². The molecule has 17 heavy (non-hydrogen) atoms. The summed E-state index contributed by atoms with van der Waals surface area (Å²) in [6, 6.07) is 0. The normalized spacial score (nSPS) is 15.9. The molecule has 9 heteroatoms. The molecule has 0 bridgehead atoms. The van der Waals surface area contributed by atoms with Crippen LogP contribution in [0.5, 0.6) is 0 Å². The molecule has 0 radical (unpaired) electrons.